The molecule has 0 aromatic heterocycles. The van der Waals surface area contributed by atoms with Gasteiger partial charge in [-0.05, 0) is 0 Å². The third kappa shape index (κ3) is 17.8. The Hall–Kier alpha value is 0.623. The zero-order chi connectivity index (χ0) is 2.71. The Balaban J connectivity index is -0.0000000200. The summed E-state index contributed by atoms with van der Waals surface area (Å²) in [6.45, 7) is 5.50. The average molecular weight is 110 g/mol. The van der Waals surface area contributed by atoms with E-state index in [-0.39, 0.29) is 20.9 Å². The van der Waals surface area contributed by atoms with Gasteiger partial charge in [0.05, 0.1) is 0 Å². The van der Waals surface area contributed by atoms with Crippen molar-refractivity contribution >= 4 is 0 Å². The summed E-state index contributed by atoms with van der Waals surface area (Å²) < 4.78 is 0. The standard InChI is InChI=1S/C3H7.Zn.H2/c1-3-2;;/h1,3H2,2H3;;1H/q-1;;. The molecule has 0 aliphatic heterocycles. The molecule has 0 nitrogen and oxygen atoms in total. The van der Waals surface area contributed by atoms with Crippen LogP contribution in [0.25, 0.3) is 0 Å². The van der Waals surface area contributed by atoms with Gasteiger partial charge in [0.2, 0.25) is 0 Å². The third-order valence-electron chi connectivity index (χ3n) is 0. The van der Waals surface area contributed by atoms with Crippen molar-refractivity contribution in [1.29, 1.82) is 0 Å². The normalized spacial score (nSPS) is 4.50. The van der Waals surface area contributed by atoms with Gasteiger partial charge in [-0.2, -0.15) is 6.42 Å². The van der Waals surface area contributed by atoms with Crippen LogP contribution >= 0.6 is 0 Å². The van der Waals surface area contributed by atoms with Gasteiger partial charge in [0.25, 0.3) is 0 Å². The average Bonchev–Trinajstić information content (AvgIpc) is 0.918. The summed E-state index contributed by atoms with van der Waals surface area (Å²) in [6, 6.07) is 0. The van der Waals surface area contributed by atoms with Gasteiger partial charge in [-0.1, -0.05) is 6.92 Å². The van der Waals surface area contributed by atoms with E-state index in [4.69, 9.17) is 0 Å². The van der Waals surface area contributed by atoms with E-state index in [2.05, 4.69) is 6.92 Å². The molecule has 0 atom stereocenters. The van der Waals surface area contributed by atoms with Crippen molar-refractivity contribution in [3.63, 3.8) is 0 Å². The Morgan fingerprint density at radius 2 is 2.00 bits per heavy atom. The van der Waals surface area contributed by atoms with E-state index in [9.17, 15) is 0 Å². The topological polar surface area (TPSA) is 0 Å². The fraction of sp³-hybridized carbons (Fsp3) is 0.667. The predicted molar refractivity (Wildman–Crippen MR) is 17.8 cm³/mol. The summed E-state index contributed by atoms with van der Waals surface area (Å²) in [4.78, 5) is 0. The van der Waals surface area contributed by atoms with Gasteiger partial charge in [0.1, 0.15) is 0 Å². The zero-order valence-corrected chi connectivity index (χ0v) is 6.09. The maximum Gasteiger partial charge on any atom is 0 e. The van der Waals surface area contributed by atoms with Crippen molar-refractivity contribution in [1.82, 2.24) is 0 Å². The predicted octanol–water partition coefficient (Wildman–Crippen LogP) is 1.47. The summed E-state index contributed by atoms with van der Waals surface area (Å²) in [6.07, 6.45) is 1.00. The molecule has 0 unspecified atom stereocenters. The summed E-state index contributed by atoms with van der Waals surface area (Å²) in [5, 5.41) is 0. The maximum atomic E-state index is 3.49. The Kier molecular flexibility index (Phi) is 20.9. The fourth-order valence-electron chi connectivity index (χ4n) is 0. The molecule has 0 bridgehead atoms. The first-order valence-corrected chi connectivity index (χ1v) is 1.21. The Morgan fingerprint density at radius 1 is 2.00 bits per heavy atom. The second kappa shape index (κ2) is 9.46. The van der Waals surface area contributed by atoms with Crippen LogP contribution in [0, 0.1) is 6.92 Å². The molecular weight excluding hydrogens is 101 g/mol. The van der Waals surface area contributed by atoms with E-state index in [1.165, 1.54) is 0 Å². The summed E-state index contributed by atoms with van der Waals surface area (Å²) >= 11 is 0. The van der Waals surface area contributed by atoms with Crippen LogP contribution in [0.3, 0.4) is 0 Å². The largest absolute Gasteiger partial charge is 0.344 e. The van der Waals surface area contributed by atoms with Crippen molar-refractivity contribution in [2.45, 2.75) is 13.3 Å². The van der Waals surface area contributed by atoms with Crippen molar-refractivity contribution in [3.05, 3.63) is 6.92 Å². The van der Waals surface area contributed by atoms with Crippen molar-refractivity contribution in [3.8, 4) is 0 Å². The van der Waals surface area contributed by atoms with Gasteiger partial charge >= 0.3 is 0 Å². The number of hydrogen-bond acceptors (Lipinski definition) is 0. The minimum absolute atomic E-state index is 0. The molecule has 1 heteroatoms. The van der Waals surface area contributed by atoms with Crippen LogP contribution < -0.4 is 0 Å². The maximum absolute atomic E-state index is 3.49. The third-order valence-corrected chi connectivity index (χ3v) is 0. The van der Waals surface area contributed by atoms with E-state index >= 15 is 0 Å². The van der Waals surface area contributed by atoms with E-state index in [1.807, 2.05) is 6.92 Å². The number of rotatable bonds is 0. The van der Waals surface area contributed by atoms with Crippen LogP contribution in [0.15, 0.2) is 0 Å². The molecule has 24 valence electrons. The quantitative estimate of drug-likeness (QED) is 0.327. The van der Waals surface area contributed by atoms with Gasteiger partial charge < -0.3 is 6.92 Å². The van der Waals surface area contributed by atoms with Crippen LogP contribution in [0.1, 0.15) is 14.8 Å². The van der Waals surface area contributed by atoms with E-state index in [0.717, 1.165) is 6.42 Å². The summed E-state index contributed by atoms with van der Waals surface area (Å²) in [7, 11) is 0. The fourth-order valence-corrected chi connectivity index (χ4v) is 0. The Bertz CT molecular complexity index is 6.85. The molecule has 0 spiro atoms. The molecule has 0 aliphatic carbocycles. The second-order valence-electron chi connectivity index (χ2n) is 0.500. The van der Waals surface area contributed by atoms with Gasteiger partial charge in [0.15, 0.2) is 0 Å². The first kappa shape index (κ1) is 8.82. The molecule has 0 saturated carbocycles. The van der Waals surface area contributed by atoms with Crippen LogP contribution in [0.4, 0.5) is 0 Å². The molecule has 0 heterocycles. The molecule has 0 aliphatic rings. The second-order valence-corrected chi connectivity index (χ2v) is 0.500. The molecule has 0 amide bonds. The smallest absolute Gasteiger partial charge is 0 e. The number of hydrogen-bond donors (Lipinski definition) is 0. The van der Waals surface area contributed by atoms with Crippen LogP contribution in [0.2, 0.25) is 0 Å². The van der Waals surface area contributed by atoms with Crippen LogP contribution in [-0.2, 0) is 19.5 Å². The van der Waals surface area contributed by atoms with Crippen molar-refractivity contribution < 1.29 is 20.9 Å². The molecule has 0 saturated heterocycles. The molecule has 0 aromatic rings. The van der Waals surface area contributed by atoms with Gasteiger partial charge in [-0.25, -0.2) is 0 Å². The van der Waals surface area contributed by atoms with Crippen molar-refractivity contribution in [2.24, 2.45) is 0 Å². The van der Waals surface area contributed by atoms with Gasteiger partial charge in [-0.3, -0.25) is 0 Å². The van der Waals surface area contributed by atoms with E-state index in [1.54, 1.807) is 0 Å². The monoisotopic (exact) mass is 109 g/mol. The Labute approximate surface area is 41.8 Å². The molecule has 0 radical (unpaired) electrons. The minimum Gasteiger partial charge on any atom is -0.344 e. The first-order valence-electron chi connectivity index (χ1n) is 1.21. The van der Waals surface area contributed by atoms with Gasteiger partial charge in [0, 0.05) is 20.9 Å². The molecule has 0 rings (SSSR count). The molecule has 0 aromatic carbocycles. The molecular formula is C3H9Zn-. The molecule has 4 heavy (non-hydrogen) atoms. The van der Waals surface area contributed by atoms with Crippen molar-refractivity contribution in [2.75, 3.05) is 0 Å². The van der Waals surface area contributed by atoms with Gasteiger partial charge in [-0.15, -0.1) is 0 Å². The summed E-state index contributed by atoms with van der Waals surface area (Å²) in [5.41, 5.74) is 0. The first-order chi connectivity index (χ1) is 1.41. The Morgan fingerprint density at radius 3 is 2.00 bits per heavy atom. The van der Waals surface area contributed by atoms with Crippen LogP contribution in [-0.4, -0.2) is 0 Å². The SMILES string of the molecule is [CH2-]CC.[HH].[Zn]. The zero-order valence-electron chi connectivity index (χ0n) is 3.12. The van der Waals surface area contributed by atoms with Crippen LogP contribution in [0.5, 0.6) is 0 Å². The molecule has 0 fully saturated rings. The molecule has 0 N–H and O–H groups in total. The van der Waals surface area contributed by atoms with E-state index in [0.29, 0.717) is 0 Å². The van der Waals surface area contributed by atoms with E-state index < -0.39 is 0 Å². The minimum atomic E-state index is 0. The summed E-state index contributed by atoms with van der Waals surface area (Å²) in [5.74, 6) is 0.